The van der Waals surface area contributed by atoms with Crippen LogP contribution in [0.5, 0.6) is 5.75 Å². The minimum absolute atomic E-state index is 0.631. The van der Waals surface area contributed by atoms with Gasteiger partial charge in [-0.1, -0.05) is 54.3 Å². The minimum atomic E-state index is 0.631. The molecular weight excluding hydrogens is 414 g/mol. The molecule has 3 heterocycles. The predicted molar refractivity (Wildman–Crippen MR) is 131 cm³/mol. The summed E-state index contributed by atoms with van der Waals surface area (Å²) in [5.74, 6) is 8.33. The number of imidazole rings is 1. The van der Waals surface area contributed by atoms with E-state index in [0.29, 0.717) is 6.54 Å². The molecule has 1 N–H and O–H groups in total. The van der Waals surface area contributed by atoms with E-state index in [-0.39, 0.29) is 0 Å². The van der Waals surface area contributed by atoms with Gasteiger partial charge in [-0.15, -0.1) is 11.3 Å². The number of rotatable bonds is 5. The van der Waals surface area contributed by atoms with Crippen molar-refractivity contribution in [3.63, 3.8) is 0 Å². The predicted octanol–water partition coefficient (Wildman–Crippen LogP) is 6.08. The second kappa shape index (κ2) is 9.01. The van der Waals surface area contributed by atoms with Crippen LogP contribution in [0.15, 0.2) is 91.1 Å². The van der Waals surface area contributed by atoms with E-state index in [9.17, 15) is 0 Å². The third-order valence-corrected chi connectivity index (χ3v) is 6.12. The number of thiophene rings is 1. The number of hydrogen-bond acceptors (Lipinski definition) is 4. The van der Waals surface area contributed by atoms with Crippen molar-refractivity contribution in [2.75, 3.05) is 12.4 Å². The number of nitrogens with zero attached hydrogens (tertiary/aromatic N) is 2. The normalized spacial score (nSPS) is 10.5. The van der Waals surface area contributed by atoms with Gasteiger partial charge < -0.3 is 10.1 Å². The first kappa shape index (κ1) is 19.9. The van der Waals surface area contributed by atoms with Gasteiger partial charge >= 0.3 is 0 Å². The number of nitrogens with one attached hydrogen (secondary N) is 1. The smallest absolute Gasteiger partial charge is 0.139 e. The maximum absolute atomic E-state index is 5.51. The summed E-state index contributed by atoms with van der Waals surface area (Å²) in [5.41, 5.74) is 3.92. The number of anilines is 1. The fourth-order valence-electron chi connectivity index (χ4n) is 3.55. The Kier molecular flexibility index (Phi) is 5.61. The number of aromatic nitrogens is 2. The van der Waals surface area contributed by atoms with E-state index in [1.54, 1.807) is 18.4 Å². The zero-order chi connectivity index (χ0) is 21.8. The van der Waals surface area contributed by atoms with Crippen LogP contribution < -0.4 is 10.1 Å². The second-order valence-corrected chi connectivity index (χ2v) is 8.27. The van der Waals surface area contributed by atoms with Crippen LogP contribution in [0.3, 0.4) is 0 Å². The Morgan fingerprint density at radius 1 is 0.906 bits per heavy atom. The molecule has 0 aliphatic rings. The Hall–Kier alpha value is -4.01. The van der Waals surface area contributed by atoms with Crippen LogP contribution >= 0.6 is 11.3 Å². The van der Waals surface area contributed by atoms with Crippen LogP contribution in [0.2, 0.25) is 0 Å². The largest absolute Gasteiger partial charge is 0.496 e. The molecule has 0 amide bonds. The van der Waals surface area contributed by atoms with E-state index < -0.39 is 0 Å². The lowest BCUT2D eigenvalue weighted by Crippen LogP contribution is -2.04. The molecule has 156 valence electrons. The van der Waals surface area contributed by atoms with Crippen molar-refractivity contribution in [3.8, 4) is 28.2 Å². The summed E-state index contributed by atoms with van der Waals surface area (Å²) in [5, 5.41) is 3.58. The van der Waals surface area contributed by atoms with Crippen LogP contribution in [0.25, 0.3) is 16.2 Å². The van der Waals surface area contributed by atoms with Gasteiger partial charge in [-0.25, -0.2) is 4.98 Å². The third kappa shape index (κ3) is 4.09. The number of methoxy groups -OCH3 is 1. The van der Waals surface area contributed by atoms with E-state index in [4.69, 9.17) is 9.72 Å². The van der Waals surface area contributed by atoms with Gasteiger partial charge in [0.1, 0.15) is 22.9 Å². The van der Waals surface area contributed by atoms with Crippen LogP contribution in [0.1, 0.15) is 16.0 Å². The van der Waals surface area contributed by atoms with Crippen molar-refractivity contribution in [2.45, 2.75) is 6.54 Å². The summed E-state index contributed by atoms with van der Waals surface area (Å²) in [6.07, 6.45) is 2.03. The number of hydrogen-bond donors (Lipinski definition) is 1. The van der Waals surface area contributed by atoms with Crippen molar-refractivity contribution in [1.82, 2.24) is 9.38 Å². The summed E-state index contributed by atoms with van der Waals surface area (Å²) in [4.78, 5) is 6.99. The van der Waals surface area contributed by atoms with Crippen LogP contribution in [-0.2, 0) is 6.54 Å². The third-order valence-electron chi connectivity index (χ3n) is 5.11. The maximum Gasteiger partial charge on any atom is 0.139 e. The maximum atomic E-state index is 5.51. The summed E-state index contributed by atoms with van der Waals surface area (Å²) in [7, 11) is 1.70. The zero-order valence-electron chi connectivity index (χ0n) is 17.6. The molecule has 5 rings (SSSR count). The summed E-state index contributed by atoms with van der Waals surface area (Å²) in [6, 6.07) is 28.3. The first-order valence-electron chi connectivity index (χ1n) is 10.3. The first-order chi connectivity index (χ1) is 15.8. The molecule has 5 aromatic rings. The Morgan fingerprint density at radius 3 is 2.59 bits per heavy atom. The number of pyridine rings is 1. The van der Waals surface area contributed by atoms with Crippen molar-refractivity contribution in [3.05, 3.63) is 107 Å². The quantitative estimate of drug-likeness (QED) is 0.340. The number of fused-ring (bicyclic) bond motifs is 1. The average molecular weight is 436 g/mol. The average Bonchev–Trinajstić information content (AvgIpc) is 3.47. The molecule has 0 aliphatic heterocycles. The van der Waals surface area contributed by atoms with Crippen molar-refractivity contribution in [2.24, 2.45) is 0 Å². The van der Waals surface area contributed by atoms with E-state index in [2.05, 4.69) is 39.8 Å². The van der Waals surface area contributed by atoms with E-state index in [1.165, 1.54) is 0 Å². The fraction of sp³-hybridized carbons (Fsp3) is 0.0741. The van der Waals surface area contributed by atoms with Gasteiger partial charge in [0.05, 0.1) is 16.9 Å². The SMILES string of the molecule is COc1ccccc1CNc1c(-c2ccc(C#Cc3ccccc3)s2)nc2ccccn12. The Bertz CT molecular complexity index is 1420. The Labute approximate surface area is 191 Å². The molecule has 0 atom stereocenters. The fourth-order valence-corrected chi connectivity index (χ4v) is 4.40. The van der Waals surface area contributed by atoms with Crippen LogP contribution in [0, 0.1) is 11.8 Å². The highest BCUT2D eigenvalue weighted by Gasteiger charge is 2.16. The summed E-state index contributed by atoms with van der Waals surface area (Å²) >= 11 is 1.65. The minimum Gasteiger partial charge on any atom is -0.496 e. The highest BCUT2D eigenvalue weighted by atomic mass is 32.1. The van der Waals surface area contributed by atoms with Crippen molar-refractivity contribution >= 4 is 22.8 Å². The lowest BCUT2D eigenvalue weighted by atomic mass is 10.2. The molecule has 0 saturated carbocycles. The van der Waals surface area contributed by atoms with E-state index in [0.717, 1.165) is 43.8 Å². The van der Waals surface area contributed by atoms with E-state index in [1.807, 2.05) is 72.9 Å². The number of benzene rings is 2. The van der Waals surface area contributed by atoms with Crippen LogP contribution in [0.4, 0.5) is 5.82 Å². The van der Waals surface area contributed by atoms with Gasteiger partial charge in [-0.2, -0.15) is 0 Å². The molecule has 0 aliphatic carbocycles. The first-order valence-corrected chi connectivity index (χ1v) is 11.1. The molecular formula is C27H21N3OS. The van der Waals surface area contributed by atoms with Gasteiger partial charge in [0.15, 0.2) is 0 Å². The lowest BCUT2D eigenvalue weighted by Gasteiger charge is -2.11. The van der Waals surface area contributed by atoms with Gasteiger partial charge in [-0.3, -0.25) is 4.40 Å². The van der Waals surface area contributed by atoms with Crippen molar-refractivity contribution < 1.29 is 4.74 Å². The van der Waals surface area contributed by atoms with Crippen molar-refractivity contribution in [1.29, 1.82) is 0 Å². The molecule has 0 fully saturated rings. The molecule has 0 bridgehead atoms. The topological polar surface area (TPSA) is 38.6 Å². The molecule has 0 radical (unpaired) electrons. The van der Waals surface area contributed by atoms with Gasteiger partial charge in [0.25, 0.3) is 0 Å². The Morgan fingerprint density at radius 2 is 1.72 bits per heavy atom. The number of para-hydroxylation sites is 1. The van der Waals surface area contributed by atoms with Gasteiger partial charge in [-0.05, 0) is 42.5 Å². The molecule has 0 spiro atoms. The summed E-state index contributed by atoms with van der Waals surface area (Å²) in [6.45, 7) is 0.631. The molecule has 0 unspecified atom stereocenters. The monoisotopic (exact) mass is 435 g/mol. The standard InChI is InChI=1S/C27H21N3OS/c1-31-23-12-6-5-11-21(23)19-28-27-26(29-25-13-7-8-18-30(25)27)24-17-16-22(32-24)15-14-20-9-3-2-4-10-20/h2-13,16-18,28H,19H2,1H3. The number of ether oxygens (including phenoxy) is 1. The molecule has 4 nitrogen and oxygen atoms in total. The van der Waals surface area contributed by atoms with Crippen LogP contribution in [-0.4, -0.2) is 16.5 Å². The molecule has 32 heavy (non-hydrogen) atoms. The summed E-state index contributed by atoms with van der Waals surface area (Å²) < 4.78 is 7.59. The zero-order valence-corrected chi connectivity index (χ0v) is 18.4. The lowest BCUT2D eigenvalue weighted by molar-refractivity contribution is 0.410. The molecule has 3 aromatic heterocycles. The second-order valence-electron chi connectivity index (χ2n) is 7.18. The van der Waals surface area contributed by atoms with E-state index >= 15 is 0 Å². The highest BCUT2D eigenvalue weighted by molar-refractivity contribution is 7.16. The van der Waals surface area contributed by atoms with Gasteiger partial charge in [0.2, 0.25) is 0 Å². The molecule has 0 saturated heterocycles. The molecule has 2 aromatic carbocycles. The molecule has 5 heteroatoms. The van der Waals surface area contributed by atoms with Gasteiger partial charge in [0, 0.05) is 23.9 Å². The Balaban J connectivity index is 1.48. The highest BCUT2D eigenvalue weighted by Crippen LogP contribution is 2.34.